The first-order valence-electron chi connectivity index (χ1n) is 10.7. The molecule has 0 heterocycles. The highest BCUT2D eigenvalue weighted by Gasteiger charge is 2.12. The van der Waals surface area contributed by atoms with E-state index in [1.807, 2.05) is 12.1 Å². The fourth-order valence-corrected chi connectivity index (χ4v) is 3.60. The highest BCUT2D eigenvalue weighted by atomic mass is 79.9. The van der Waals surface area contributed by atoms with Crippen LogP contribution < -0.4 is 20.2 Å². The summed E-state index contributed by atoms with van der Waals surface area (Å²) in [5, 5.41) is 15.2. The molecule has 10 heteroatoms. The van der Waals surface area contributed by atoms with Crippen LogP contribution in [-0.4, -0.2) is 25.1 Å². The monoisotopic (exact) mass is 552 g/mol. The molecule has 8 nitrogen and oxygen atoms in total. The van der Waals surface area contributed by atoms with Gasteiger partial charge in [0.15, 0.2) is 11.5 Å². The van der Waals surface area contributed by atoms with Crippen LogP contribution in [0.2, 0.25) is 0 Å². The summed E-state index contributed by atoms with van der Waals surface area (Å²) in [7, 11) is 1.51. The Balaban J connectivity index is 1.52. The van der Waals surface area contributed by atoms with Crippen molar-refractivity contribution in [2.24, 2.45) is 5.10 Å². The Morgan fingerprint density at radius 3 is 2.53 bits per heavy atom. The number of nitrogens with zero attached hydrogens (tertiary/aromatic N) is 2. The highest BCUT2D eigenvalue weighted by Crippen LogP contribution is 2.36. The summed E-state index contributed by atoms with van der Waals surface area (Å²) in [6, 6.07) is 18.3. The Bertz CT molecular complexity index is 1310. The molecule has 0 atom stereocenters. The van der Waals surface area contributed by atoms with Crippen LogP contribution >= 0.6 is 15.9 Å². The van der Waals surface area contributed by atoms with Crippen molar-refractivity contribution < 1.29 is 23.5 Å². The van der Waals surface area contributed by atoms with E-state index in [2.05, 4.69) is 37.8 Å². The van der Waals surface area contributed by atoms with Crippen molar-refractivity contribution in [1.82, 2.24) is 5.43 Å². The van der Waals surface area contributed by atoms with Gasteiger partial charge < -0.3 is 14.8 Å². The minimum Gasteiger partial charge on any atom is -0.493 e. The van der Waals surface area contributed by atoms with Crippen molar-refractivity contribution in [3.63, 3.8) is 0 Å². The molecule has 0 spiro atoms. The molecule has 0 aromatic heterocycles. The van der Waals surface area contributed by atoms with Gasteiger partial charge in [0.2, 0.25) is 11.8 Å². The number of rotatable bonds is 10. The number of anilines is 1. The molecule has 0 unspecified atom stereocenters. The summed E-state index contributed by atoms with van der Waals surface area (Å²) in [4.78, 5) is 23.9. The largest absolute Gasteiger partial charge is 0.493 e. The number of hydrazone groups is 1. The molecule has 2 amide bonds. The number of benzene rings is 3. The molecular formula is C26H22BrFN4O4. The van der Waals surface area contributed by atoms with Gasteiger partial charge in [0, 0.05) is 12.8 Å². The summed E-state index contributed by atoms with van der Waals surface area (Å²) in [6.07, 6.45) is 1.18. The van der Waals surface area contributed by atoms with Gasteiger partial charge in [-0.1, -0.05) is 24.3 Å². The number of nitrogens with one attached hydrogen (secondary N) is 2. The number of carbonyl (C=O) groups excluding carboxylic acids is 2. The molecule has 3 rings (SSSR count). The minimum atomic E-state index is -0.549. The molecule has 3 aromatic rings. The molecule has 0 radical (unpaired) electrons. The van der Waals surface area contributed by atoms with Crippen molar-refractivity contribution in [3.8, 4) is 17.6 Å². The topological polar surface area (TPSA) is 113 Å². The number of amides is 2. The number of carbonyl (C=O) groups is 2. The van der Waals surface area contributed by atoms with Crippen molar-refractivity contribution in [2.75, 3.05) is 12.4 Å². The van der Waals surface area contributed by atoms with Gasteiger partial charge in [-0.25, -0.2) is 9.82 Å². The summed E-state index contributed by atoms with van der Waals surface area (Å²) in [5.41, 5.74) is 4.50. The van der Waals surface area contributed by atoms with Crippen LogP contribution in [0.25, 0.3) is 0 Å². The number of halogens is 2. The second-order valence-electron chi connectivity index (χ2n) is 7.45. The molecule has 0 aliphatic heterocycles. The molecule has 0 aliphatic carbocycles. The van der Waals surface area contributed by atoms with Gasteiger partial charge in [-0.2, -0.15) is 10.4 Å². The summed E-state index contributed by atoms with van der Waals surface area (Å²) >= 11 is 3.46. The number of ether oxygens (including phenoxy) is 2. The van der Waals surface area contributed by atoms with E-state index in [4.69, 9.17) is 14.7 Å². The van der Waals surface area contributed by atoms with Crippen molar-refractivity contribution in [3.05, 3.63) is 87.6 Å². The lowest BCUT2D eigenvalue weighted by Crippen LogP contribution is -2.21. The van der Waals surface area contributed by atoms with Gasteiger partial charge in [0.1, 0.15) is 12.4 Å². The minimum absolute atomic E-state index is 0.0600. The Hall–Kier alpha value is -4.23. The molecule has 0 fully saturated rings. The standard InChI is InChI=1S/C26H22BrFN4O4/c1-35-23-13-19(12-20(27)26(23)36-16-18-8-6-17(14-29)7-9-18)15-30-32-25(34)11-10-24(33)31-22-5-3-2-4-21(22)28/h2-9,12-13,15H,10-11,16H2,1H3,(H,31,33)(H,32,34). The second-order valence-corrected chi connectivity index (χ2v) is 8.31. The van der Waals surface area contributed by atoms with E-state index in [0.29, 0.717) is 27.1 Å². The van der Waals surface area contributed by atoms with Gasteiger partial charge >= 0.3 is 0 Å². The average Bonchev–Trinajstić information content (AvgIpc) is 2.88. The third-order valence-electron chi connectivity index (χ3n) is 4.85. The zero-order chi connectivity index (χ0) is 25.9. The lowest BCUT2D eigenvalue weighted by atomic mass is 10.1. The van der Waals surface area contributed by atoms with Crippen LogP contribution in [0.4, 0.5) is 10.1 Å². The number of nitriles is 1. The molecular weight excluding hydrogens is 531 g/mol. The van der Waals surface area contributed by atoms with Crippen LogP contribution in [0.15, 0.2) is 70.2 Å². The van der Waals surface area contributed by atoms with E-state index in [1.165, 1.54) is 31.5 Å². The lowest BCUT2D eigenvalue weighted by Gasteiger charge is -2.13. The van der Waals surface area contributed by atoms with Crippen LogP contribution in [0.3, 0.4) is 0 Å². The highest BCUT2D eigenvalue weighted by molar-refractivity contribution is 9.10. The van der Waals surface area contributed by atoms with Gasteiger partial charge in [-0.05, 0) is 63.5 Å². The maximum absolute atomic E-state index is 13.6. The number of hydrogen-bond donors (Lipinski definition) is 2. The van der Waals surface area contributed by atoms with Gasteiger partial charge in [-0.3, -0.25) is 9.59 Å². The predicted molar refractivity (Wildman–Crippen MR) is 136 cm³/mol. The first kappa shape index (κ1) is 26.4. The van der Waals surface area contributed by atoms with Crippen molar-refractivity contribution >= 4 is 39.6 Å². The average molecular weight is 553 g/mol. The SMILES string of the molecule is COc1cc(C=NNC(=O)CCC(=O)Nc2ccccc2F)cc(Br)c1OCc1ccc(C#N)cc1. The first-order valence-corrected chi connectivity index (χ1v) is 11.5. The zero-order valence-corrected chi connectivity index (χ0v) is 20.8. The molecule has 0 aliphatic rings. The Labute approximate surface area is 215 Å². The Morgan fingerprint density at radius 1 is 1.11 bits per heavy atom. The quantitative estimate of drug-likeness (QED) is 0.274. The normalized spacial score (nSPS) is 10.5. The molecule has 3 aromatic carbocycles. The molecule has 0 saturated carbocycles. The smallest absolute Gasteiger partial charge is 0.240 e. The molecule has 184 valence electrons. The van der Waals surface area contributed by atoms with E-state index in [-0.39, 0.29) is 25.1 Å². The van der Waals surface area contributed by atoms with Gasteiger partial charge in [0.05, 0.1) is 35.1 Å². The van der Waals surface area contributed by atoms with Gasteiger partial charge in [-0.15, -0.1) is 0 Å². The third-order valence-corrected chi connectivity index (χ3v) is 5.44. The van der Waals surface area contributed by atoms with Gasteiger partial charge in [0.25, 0.3) is 0 Å². The second kappa shape index (κ2) is 13.0. The Morgan fingerprint density at radius 2 is 1.83 bits per heavy atom. The van der Waals surface area contributed by atoms with E-state index < -0.39 is 17.6 Å². The lowest BCUT2D eigenvalue weighted by molar-refractivity contribution is -0.124. The Kier molecular flexibility index (Phi) is 9.54. The first-order chi connectivity index (χ1) is 17.4. The van der Waals surface area contributed by atoms with E-state index in [1.54, 1.807) is 30.3 Å². The number of para-hydroxylation sites is 1. The fraction of sp³-hybridized carbons (Fsp3) is 0.154. The van der Waals surface area contributed by atoms with Crippen LogP contribution in [-0.2, 0) is 16.2 Å². The van der Waals surface area contributed by atoms with Crippen LogP contribution in [0.5, 0.6) is 11.5 Å². The molecule has 0 saturated heterocycles. The van der Waals surface area contributed by atoms with Crippen molar-refractivity contribution in [1.29, 1.82) is 5.26 Å². The van der Waals surface area contributed by atoms with E-state index in [9.17, 15) is 14.0 Å². The van der Waals surface area contributed by atoms with Crippen LogP contribution in [0.1, 0.15) is 29.5 Å². The number of methoxy groups -OCH3 is 1. The predicted octanol–water partition coefficient (Wildman–Crippen LogP) is 4.92. The zero-order valence-electron chi connectivity index (χ0n) is 19.3. The molecule has 2 N–H and O–H groups in total. The molecule has 0 bridgehead atoms. The van der Waals surface area contributed by atoms with Crippen molar-refractivity contribution in [2.45, 2.75) is 19.4 Å². The number of hydrogen-bond acceptors (Lipinski definition) is 6. The summed E-state index contributed by atoms with van der Waals surface area (Å²) in [5.74, 6) is -0.556. The fourth-order valence-electron chi connectivity index (χ4n) is 3.02. The molecule has 36 heavy (non-hydrogen) atoms. The summed E-state index contributed by atoms with van der Waals surface area (Å²) < 4.78 is 25.5. The van der Waals surface area contributed by atoms with E-state index >= 15 is 0 Å². The summed E-state index contributed by atoms with van der Waals surface area (Å²) in [6.45, 7) is 0.272. The van der Waals surface area contributed by atoms with Crippen LogP contribution in [0, 0.1) is 17.1 Å². The maximum Gasteiger partial charge on any atom is 0.240 e. The third kappa shape index (κ3) is 7.65. The van der Waals surface area contributed by atoms with E-state index in [0.717, 1.165) is 5.56 Å². The maximum atomic E-state index is 13.6.